The Labute approximate surface area is 100.0 Å². The van der Waals surface area contributed by atoms with Crippen LogP contribution in [0, 0.1) is 5.92 Å². The number of aldehydes is 1. The van der Waals surface area contributed by atoms with Crippen molar-refractivity contribution in [2.45, 2.75) is 19.8 Å². The van der Waals surface area contributed by atoms with Crippen LogP contribution in [0.15, 0.2) is 18.2 Å². The third kappa shape index (κ3) is 3.31. The normalized spacial score (nSPS) is 14.2. The summed E-state index contributed by atoms with van der Waals surface area (Å²) >= 11 is 0. The predicted molar refractivity (Wildman–Crippen MR) is 64.4 cm³/mol. The Hall–Kier alpha value is -1.84. The first kappa shape index (κ1) is 11.6. The van der Waals surface area contributed by atoms with Gasteiger partial charge in [-0.1, -0.05) is 0 Å². The number of carbonyl (C=O) groups is 2. The molecule has 0 aromatic heterocycles. The highest BCUT2D eigenvalue weighted by Gasteiger charge is 2.22. The molecule has 17 heavy (non-hydrogen) atoms. The van der Waals surface area contributed by atoms with Crippen LogP contribution >= 0.6 is 0 Å². The first-order valence-electron chi connectivity index (χ1n) is 5.68. The number of hydrogen-bond donors (Lipinski definition) is 1. The smallest absolute Gasteiger partial charge is 0.221 e. The van der Waals surface area contributed by atoms with Crippen LogP contribution in [0.2, 0.25) is 0 Å². The molecular formula is C13H15NO3. The Morgan fingerprint density at radius 2 is 2.29 bits per heavy atom. The van der Waals surface area contributed by atoms with Gasteiger partial charge in [-0.25, -0.2) is 0 Å². The summed E-state index contributed by atoms with van der Waals surface area (Å²) in [6.45, 7) is 2.09. The fraction of sp³-hybridized carbons (Fsp3) is 0.385. The number of benzene rings is 1. The quantitative estimate of drug-likeness (QED) is 0.793. The van der Waals surface area contributed by atoms with Gasteiger partial charge in [-0.05, 0) is 30.9 Å². The Balaban J connectivity index is 2.12. The molecule has 1 aliphatic rings. The minimum Gasteiger partial charge on any atom is -0.492 e. The second-order valence-electron chi connectivity index (χ2n) is 4.31. The number of rotatable bonds is 5. The zero-order valence-corrected chi connectivity index (χ0v) is 9.73. The largest absolute Gasteiger partial charge is 0.492 e. The van der Waals surface area contributed by atoms with Gasteiger partial charge in [-0.15, -0.1) is 0 Å². The van der Waals surface area contributed by atoms with Crippen LogP contribution in [0.1, 0.15) is 30.1 Å². The lowest BCUT2D eigenvalue weighted by atomic mass is 10.2. The van der Waals surface area contributed by atoms with Crippen molar-refractivity contribution in [3.05, 3.63) is 23.8 Å². The topological polar surface area (TPSA) is 55.4 Å². The van der Waals surface area contributed by atoms with E-state index in [-0.39, 0.29) is 5.91 Å². The van der Waals surface area contributed by atoms with Gasteiger partial charge in [-0.2, -0.15) is 0 Å². The van der Waals surface area contributed by atoms with Crippen LogP contribution < -0.4 is 10.1 Å². The maximum Gasteiger partial charge on any atom is 0.221 e. The molecule has 1 fully saturated rings. The van der Waals surface area contributed by atoms with E-state index in [0.717, 1.165) is 6.29 Å². The Kier molecular flexibility index (Phi) is 3.42. The first-order valence-corrected chi connectivity index (χ1v) is 5.68. The molecule has 1 saturated carbocycles. The summed E-state index contributed by atoms with van der Waals surface area (Å²) < 4.78 is 5.59. The summed E-state index contributed by atoms with van der Waals surface area (Å²) in [4.78, 5) is 21.8. The summed E-state index contributed by atoms with van der Waals surface area (Å²) in [5, 5.41) is 2.66. The standard InChI is InChI=1S/C13H15NO3/c1-9(16)14-12-5-4-11(7-15)13(6-12)17-8-10-2-3-10/h4-7,10H,2-3,8H2,1H3,(H,14,16). The van der Waals surface area contributed by atoms with E-state index in [4.69, 9.17) is 4.74 Å². The van der Waals surface area contributed by atoms with Gasteiger partial charge in [0.2, 0.25) is 5.91 Å². The van der Waals surface area contributed by atoms with E-state index in [1.807, 2.05) is 0 Å². The third-order valence-electron chi connectivity index (χ3n) is 2.63. The second-order valence-corrected chi connectivity index (χ2v) is 4.31. The number of carbonyl (C=O) groups excluding carboxylic acids is 2. The van der Waals surface area contributed by atoms with Crippen LogP contribution in [0.4, 0.5) is 5.69 Å². The van der Waals surface area contributed by atoms with Gasteiger partial charge in [0.25, 0.3) is 0 Å². The van der Waals surface area contributed by atoms with Gasteiger partial charge in [0, 0.05) is 18.7 Å². The molecule has 0 spiro atoms. The van der Waals surface area contributed by atoms with Crippen LogP contribution in [0.5, 0.6) is 5.75 Å². The molecule has 90 valence electrons. The van der Waals surface area contributed by atoms with Crippen LogP contribution in [-0.2, 0) is 4.79 Å². The lowest BCUT2D eigenvalue weighted by Crippen LogP contribution is -2.07. The molecule has 0 atom stereocenters. The summed E-state index contributed by atoms with van der Waals surface area (Å²) in [6.07, 6.45) is 3.16. The number of hydrogen-bond acceptors (Lipinski definition) is 3. The predicted octanol–water partition coefficient (Wildman–Crippen LogP) is 2.25. The van der Waals surface area contributed by atoms with Crippen molar-refractivity contribution in [2.75, 3.05) is 11.9 Å². The minimum absolute atomic E-state index is 0.142. The van der Waals surface area contributed by atoms with E-state index in [9.17, 15) is 9.59 Å². The average molecular weight is 233 g/mol. The van der Waals surface area contributed by atoms with Gasteiger partial charge < -0.3 is 10.1 Å². The highest BCUT2D eigenvalue weighted by atomic mass is 16.5. The number of ether oxygens (including phenoxy) is 1. The van der Waals surface area contributed by atoms with Crippen molar-refractivity contribution >= 4 is 17.9 Å². The Morgan fingerprint density at radius 3 is 2.88 bits per heavy atom. The number of nitrogens with one attached hydrogen (secondary N) is 1. The second kappa shape index (κ2) is 4.99. The van der Waals surface area contributed by atoms with Crippen LogP contribution in [0.3, 0.4) is 0 Å². The summed E-state index contributed by atoms with van der Waals surface area (Å²) in [5.41, 5.74) is 1.16. The monoisotopic (exact) mass is 233 g/mol. The molecule has 1 aromatic rings. The van der Waals surface area contributed by atoms with Crippen molar-refractivity contribution < 1.29 is 14.3 Å². The fourth-order valence-corrected chi connectivity index (χ4v) is 1.53. The molecule has 2 rings (SSSR count). The number of amides is 1. The van der Waals surface area contributed by atoms with E-state index < -0.39 is 0 Å². The van der Waals surface area contributed by atoms with Gasteiger partial charge >= 0.3 is 0 Å². The number of anilines is 1. The van der Waals surface area contributed by atoms with Crippen LogP contribution in [-0.4, -0.2) is 18.8 Å². The van der Waals surface area contributed by atoms with E-state index in [1.165, 1.54) is 19.8 Å². The molecule has 4 nitrogen and oxygen atoms in total. The average Bonchev–Trinajstić information content (AvgIpc) is 3.09. The Morgan fingerprint density at radius 1 is 1.53 bits per heavy atom. The van der Waals surface area contributed by atoms with Crippen molar-refractivity contribution in [2.24, 2.45) is 5.92 Å². The molecular weight excluding hydrogens is 218 g/mol. The lowest BCUT2D eigenvalue weighted by Gasteiger charge is -2.10. The zero-order chi connectivity index (χ0) is 12.3. The van der Waals surface area contributed by atoms with Crippen molar-refractivity contribution in [1.29, 1.82) is 0 Å². The molecule has 0 saturated heterocycles. The van der Waals surface area contributed by atoms with E-state index in [1.54, 1.807) is 18.2 Å². The third-order valence-corrected chi connectivity index (χ3v) is 2.63. The van der Waals surface area contributed by atoms with Gasteiger partial charge in [0.1, 0.15) is 5.75 Å². The molecule has 1 amide bonds. The molecule has 1 N–H and O–H groups in total. The highest BCUT2D eigenvalue weighted by Crippen LogP contribution is 2.31. The van der Waals surface area contributed by atoms with Crippen molar-refractivity contribution in [3.8, 4) is 5.75 Å². The van der Waals surface area contributed by atoms with E-state index >= 15 is 0 Å². The molecule has 1 aromatic carbocycles. The minimum atomic E-state index is -0.142. The SMILES string of the molecule is CC(=O)Nc1ccc(C=O)c(OCC2CC2)c1. The van der Waals surface area contributed by atoms with Crippen molar-refractivity contribution in [3.63, 3.8) is 0 Å². The summed E-state index contributed by atoms with van der Waals surface area (Å²) in [7, 11) is 0. The molecule has 4 heteroatoms. The van der Waals surface area contributed by atoms with Gasteiger partial charge in [-0.3, -0.25) is 9.59 Å². The molecule has 0 unspecified atom stereocenters. The molecule has 0 heterocycles. The summed E-state index contributed by atoms with van der Waals surface area (Å²) in [6, 6.07) is 5.03. The van der Waals surface area contributed by atoms with Crippen LogP contribution in [0.25, 0.3) is 0 Å². The maximum atomic E-state index is 10.9. The maximum absolute atomic E-state index is 10.9. The Bertz CT molecular complexity index is 438. The highest BCUT2D eigenvalue weighted by molar-refractivity contribution is 5.90. The molecule has 1 aliphatic carbocycles. The summed E-state index contributed by atoms with van der Waals surface area (Å²) in [5.74, 6) is 1.02. The van der Waals surface area contributed by atoms with E-state index in [0.29, 0.717) is 29.5 Å². The lowest BCUT2D eigenvalue weighted by molar-refractivity contribution is -0.114. The first-order chi connectivity index (χ1) is 8.19. The molecule has 0 radical (unpaired) electrons. The fourth-order valence-electron chi connectivity index (χ4n) is 1.53. The van der Waals surface area contributed by atoms with Gasteiger partial charge in [0.15, 0.2) is 6.29 Å². The van der Waals surface area contributed by atoms with Gasteiger partial charge in [0.05, 0.1) is 12.2 Å². The van der Waals surface area contributed by atoms with Crippen molar-refractivity contribution in [1.82, 2.24) is 0 Å². The zero-order valence-electron chi connectivity index (χ0n) is 9.73. The molecule has 0 aliphatic heterocycles. The molecule has 0 bridgehead atoms. The van der Waals surface area contributed by atoms with E-state index in [2.05, 4.69) is 5.32 Å².